The maximum absolute atomic E-state index is 5.91. The van der Waals surface area contributed by atoms with Crippen molar-refractivity contribution in [3.63, 3.8) is 0 Å². The van der Waals surface area contributed by atoms with Crippen molar-refractivity contribution >= 4 is 0 Å². The molecule has 0 aliphatic carbocycles. The molecule has 0 aromatic carbocycles. The Morgan fingerprint density at radius 1 is 1.42 bits per heavy atom. The number of aromatic nitrogens is 1. The van der Waals surface area contributed by atoms with Gasteiger partial charge in [-0.15, -0.1) is 0 Å². The molecule has 4 nitrogen and oxygen atoms in total. The molecule has 1 N–H and O–H groups in total. The number of ether oxygens (including phenoxy) is 2. The fourth-order valence-corrected chi connectivity index (χ4v) is 2.17. The van der Waals surface area contributed by atoms with E-state index in [2.05, 4.69) is 24.1 Å². The molecule has 1 aromatic rings. The van der Waals surface area contributed by atoms with E-state index in [1.807, 2.05) is 18.3 Å². The van der Waals surface area contributed by atoms with Crippen LogP contribution in [0.4, 0.5) is 0 Å². The topological polar surface area (TPSA) is 43.4 Å². The van der Waals surface area contributed by atoms with Crippen LogP contribution in [-0.4, -0.2) is 30.8 Å². The predicted octanol–water partition coefficient (Wildman–Crippen LogP) is 2.70. The van der Waals surface area contributed by atoms with E-state index in [0.29, 0.717) is 0 Å². The summed E-state index contributed by atoms with van der Waals surface area (Å²) in [4.78, 5) is 4.48. The number of nitrogens with zero attached hydrogens (tertiary/aromatic N) is 1. The molecule has 1 aliphatic heterocycles. The first-order chi connectivity index (χ1) is 9.29. The van der Waals surface area contributed by atoms with Gasteiger partial charge in [-0.1, -0.05) is 6.92 Å². The number of nitrogens with one attached hydrogen (secondary N) is 1. The van der Waals surface area contributed by atoms with Gasteiger partial charge >= 0.3 is 0 Å². The zero-order valence-corrected chi connectivity index (χ0v) is 11.9. The molecule has 1 aliphatic rings. The quantitative estimate of drug-likeness (QED) is 0.858. The van der Waals surface area contributed by atoms with Crippen molar-refractivity contribution in [1.29, 1.82) is 0 Å². The van der Waals surface area contributed by atoms with Crippen molar-refractivity contribution in [1.82, 2.24) is 10.3 Å². The van der Waals surface area contributed by atoms with Crippen LogP contribution in [0.15, 0.2) is 18.3 Å². The Hall–Kier alpha value is -1.13. The molecule has 1 fully saturated rings. The van der Waals surface area contributed by atoms with E-state index in [1.165, 1.54) is 0 Å². The number of hydrogen-bond donors (Lipinski definition) is 1. The standard InChI is InChI=1S/C15H24N2O2/c1-3-8-16-12(2)15-5-4-14(11-17-15)19-13-6-9-18-10-7-13/h4-5,11-13,16H,3,6-10H2,1-2H3. The van der Waals surface area contributed by atoms with Gasteiger partial charge < -0.3 is 14.8 Å². The molecular formula is C15H24N2O2. The largest absolute Gasteiger partial charge is 0.489 e. The average molecular weight is 264 g/mol. The SMILES string of the molecule is CCCNC(C)c1ccc(OC2CCOCC2)cn1. The van der Waals surface area contributed by atoms with Crippen LogP contribution < -0.4 is 10.1 Å². The van der Waals surface area contributed by atoms with Crippen LogP contribution in [-0.2, 0) is 4.74 Å². The van der Waals surface area contributed by atoms with Gasteiger partial charge in [0.2, 0.25) is 0 Å². The molecule has 1 unspecified atom stereocenters. The second kappa shape index (κ2) is 7.46. The average Bonchev–Trinajstić information content (AvgIpc) is 2.46. The Kier molecular flexibility index (Phi) is 5.61. The molecule has 2 rings (SSSR count). The number of pyridine rings is 1. The van der Waals surface area contributed by atoms with Crippen molar-refractivity contribution in [2.45, 2.75) is 45.3 Å². The van der Waals surface area contributed by atoms with Gasteiger partial charge in [0, 0.05) is 18.9 Å². The highest BCUT2D eigenvalue weighted by molar-refractivity contribution is 5.21. The van der Waals surface area contributed by atoms with Crippen molar-refractivity contribution in [2.75, 3.05) is 19.8 Å². The molecule has 19 heavy (non-hydrogen) atoms. The molecule has 0 spiro atoms. The second-order valence-corrected chi connectivity index (χ2v) is 5.02. The van der Waals surface area contributed by atoms with Crippen molar-refractivity contribution < 1.29 is 9.47 Å². The van der Waals surface area contributed by atoms with Crippen molar-refractivity contribution in [3.05, 3.63) is 24.0 Å². The van der Waals surface area contributed by atoms with Gasteiger partial charge in [0.25, 0.3) is 0 Å². The van der Waals surface area contributed by atoms with Crippen LogP contribution in [0.25, 0.3) is 0 Å². The predicted molar refractivity (Wildman–Crippen MR) is 75.4 cm³/mol. The van der Waals surface area contributed by atoms with Gasteiger partial charge in [0.1, 0.15) is 11.9 Å². The van der Waals surface area contributed by atoms with Gasteiger partial charge in [-0.3, -0.25) is 4.98 Å². The van der Waals surface area contributed by atoms with E-state index in [9.17, 15) is 0 Å². The fourth-order valence-electron chi connectivity index (χ4n) is 2.17. The summed E-state index contributed by atoms with van der Waals surface area (Å²) in [5.41, 5.74) is 1.06. The maximum Gasteiger partial charge on any atom is 0.138 e. The third kappa shape index (κ3) is 4.48. The maximum atomic E-state index is 5.91. The molecule has 0 bridgehead atoms. The van der Waals surface area contributed by atoms with Crippen LogP contribution in [0.5, 0.6) is 5.75 Å². The van der Waals surface area contributed by atoms with Crippen LogP contribution in [0.1, 0.15) is 44.8 Å². The van der Waals surface area contributed by atoms with E-state index < -0.39 is 0 Å². The van der Waals surface area contributed by atoms with Crippen molar-refractivity contribution in [2.24, 2.45) is 0 Å². The zero-order chi connectivity index (χ0) is 13.5. The highest BCUT2D eigenvalue weighted by Crippen LogP contribution is 2.19. The lowest BCUT2D eigenvalue weighted by Gasteiger charge is -2.23. The summed E-state index contributed by atoms with van der Waals surface area (Å²) in [6.07, 6.45) is 5.17. The van der Waals surface area contributed by atoms with Crippen LogP contribution in [0.3, 0.4) is 0 Å². The number of rotatable bonds is 6. The Morgan fingerprint density at radius 3 is 2.84 bits per heavy atom. The monoisotopic (exact) mass is 264 g/mol. The molecule has 4 heteroatoms. The van der Waals surface area contributed by atoms with E-state index in [4.69, 9.17) is 9.47 Å². The van der Waals surface area contributed by atoms with Gasteiger partial charge in [-0.2, -0.15) is 0 Å². The first-order valence-electron chi connectivity index (χ1n) is 7.23. The summed E-state index contributed by atoms with van der Waals surface area (Å²) >= 11 is 0. The highest BCUT2D eigenvalue weighted by atomic mass is 16.5. The summed E-state index contributed by atoms with van der Waals surface area (Å²) in [5.74, 6) is 0.860. The molecule has 1 saturated heterocycles. The van der Waals surface area contributed by atoms with E-state index >= 15 is 0 Å². The van der Waals surface area contributed by atoms with Gasteiger partial charge in [0.15, 0.2) is 0 Å². The Bertz CT molecular complexity index is 361. The first kappa shape index (κ1) is 14.3. The Morgan fingerprint density at radius 2 is 2.21 bits per heavy atom. The van der Waals surface area contributed by atoms with E-state index in [0.717, 1.165) is 50.5 Å². The lowest BCUT2D eigenvalue weighted by Crippen LogP contribution is -2.26. The minimum Gasteiger partial charge on any atom is -0.489 e. The van der Waals surface area contributed by atoms with Gasteiger partial charge in [-0.05, 0) is 32.0 Å². The Balaban J connectivity index is 1.86. The minimum atomic E-state index is 0.275. The summed E-state index contributed by atoms with van der Waals surface area (Å²) in [6, 6.07) is 4.35. The van der Waals surface area contributed by atoms with Gasteiger partial charge in [0.05, 0.1) is 25.1 Å². The molecule has 0 saturated carbocycles. The lowest BCUT2D eigenvalue weighted by molar-refractivity contribution is 0.0254. The van der Waals surface area contributed by atoms with E-state index in [-0.39, 0.29) is 12.1 Å². The van der Waals surface area contributed by atoms with Crippen LogP contribution in [0.2, 0.25) is 0 Å². The molecule has 1 aromatic heterocycles. The second-order valence-electron chi connectivity index (χ2n) is 5.02. The van der Waals surface area contributed by atoms with Crippen molar-refractivity contribution in [3.8, 4) is 5.75 Å². The van der Waals surface area contributed by atoms with E-state index in [1.54, 1.807) is 0 Å². The normalized spacial score (nSPS) is 18.2. The highest BCUT2D eigenvalue weighted by Gasteiger charge is 2.15. The summed E-state index contributed by atoms with van der Waals surface area (Å²) in [6.45, 7) is 6.92. The molecule has 0 radical (unpaired) electrons. The molecule has 2 heterocycles. The van der Waals surface area contributed by atoms with Crippen LogP contribution in [0, 0.1) is 0 Å². The van der Waals surface area contributed by atoms with Crippen LogP contribution >= 0.6 is 0 Å². The lowest BCUT2D eigenvalue weighted by atomic mass is 10.1. The summed E-state index contributed by atoms with van der Waals surface area (Å²) in [5, 5.41) is 3.43. The smallest absolute Gasteiger partial charge is 0.138 e. The minimum absolute atomic E-state index is 0.275. The molecule has 1 atom stereocenters. The summed E-state index contributed by atoms with van der Waals surface area (Å²) in [7, 11) is 0. The molecule has 106 valence electrons. The fraction of sp³-hybridized carbons (Fsp3) is 0.667. The first-order valence-corrected chi connectivity index (χ1v) is 7.23. The Labute approximate surface area is 115 Å². The third-order valence-electron chi connectivity index (χ3n) is 3.37. The number of hydrogen-bond acceptors (Lipinski definition) is 4. The zero-order valence-electron chi connectivity index (χ0n) is 11.9. The van der Waals surface area contributed by atoms with Gasteiger partial charge in [-0.25, -0.2) is 0 Å². The molecule has 0 amide bonds. The summed E-state index contributed by atoms with van der Waals surface area (Å²) < 4.78 is 11.2. The molecular weight excluding hydrogens is 240 g/mol. The third-order valence-corrected chi connectivity index (χ3v) is 3.37.